The third kappa shape index (κ3) is 2.65. The smallest absolute Gasteiger partial charge is 0.139 e. The molecule has 3 aromatic carbocycles. The molecular formula is C22H14Cl2N4. The number of halogens is 2. The zero-order valence-electron chi connectivity index (χ0n) is 14.9. The Hall–Kier alpha value is -2.95. The van der Waals surface area contributed by atoms with Gasteiger partial charge >= 0.3 is 0 Å². The molecule has 0 saturated carbocycles. The minimum absolute atomic E-state index is 0.394. The SMILES string of the molecule is Cc1cc(-n2nnc3ccccc32)cc2c(Cl)c(-c3ccccc3)c(Cl)nc12. The number of fused-ring (bicyclic) bond motifs is 2. The molecule has 0 bridgehead atoms. The summed E-state index contributed by atoms with van der Waals surface area (Å²) in [5, 5.41) is 10.4. The van der Waals surface area contributed by atoms with Crippen LogP contribution in [0.5, 0.6) is 0 Å². The fourth-order valence-corrected chi connectivity index (χ4v) is 4.17. The van der Waals surface area contributed by atoms with E-state index in [1.54, 1.807) is 0 Å². The Morgan fingerprint density at radius 1 is 0.893 bits per heavy atom. The van der Waals surface area contributed by atoms with Crippen LogP contribution in [-0.4, -0.2) is 20.0 Å². The van der Waals surface area contributed by atoms with E-state index in [1.807, 2.05) is 78.3 Å². The Balaban J connectivity index is 1.80. The number of aromatic nitrogens is 4. The van der Waals surface area contributed by atoms with Gasteiger partial charge in [-0.2, -0.15) is 0 Å². The molecule has 2 aromatic heterocycles. The summed E-state index contributed by atoms with van der Waals surface area (Å²) in [4.78, 5) is 4.63. The van der Waals surface area contributed by atoms with Gasteiger partial charge in [-0.3, -0.25) is 0 Å². The summed E-state index contributed by atoms with van der Waals surface area (Å²) in [7, 11) is 0. The highest BCUT2D eigenvalue weighted by Gasteiger charge is 2.17. The van der Waals surface area contributed by atoms with E-state index in [-0.39, 0.29) is 0 Å². The zero-order valence-corrected chi connectivity index (χ0v) is 16.4. The lowest BCUT2D eigenvalue weighted by Gasteiger charge is -2.13. The number of aryl methyl sites for hydroxylation is 1. The Kier molecular flexibility index (Phi) is 4.04. The van der Waals surface area contributed by atoms with Crippen molar-refractivity contribution < 1.29 is 0 Å². The molecule has 28 heavy (non-hydrogen) atoms. The van der Waals surface area contributed by atoms with Gasteiger partial charge in [-0.05, 0) is 42.3 Å². The average molecular weight is 405 g/mol. The van der Waals surface area contributed by atoms with Crippen molar-refractivity contribution in [1.29, 1.82) is 0 Å². The van der Waals surface area contributed by atoms with Gasteiger partial charge in [0, 0.05) is 10.9 Å². The number of hydrogen-bond donors (Lipinski definition) is 0. The number of benzene rings is 3. The second kappa shape index (κ2) is 6.59. The van der Waals surface area contributed by atoms with Crippen molar-refractivity contribution in [1.82, 2.24) is 20.0 Å². The second-order valence-corrected chi connectivity index (χ2v) is 7.34. The Morgan fingerprint density at radius 3 is 2.46 bits per heavy atom. The monoisotopic (exact) mass is 404 g/mol. The number of rotatable bonds is 2. The zero-order chi connectivity index (χ0) is 19.3. The summed E-state index contributed by atoms with van der Waals surface area (Å²) in [5.74, 6) is 0. The van der Waals surface area contributed by atoms with Crippen LogP contribution in [0.25, 0.3) is 38.8 Å². The van der Waals surface area contributed by atoms with Crippen molar-refractivity contribution in [2.75, 3.05) is 0 Å². The van der Waals surface area contributed by atoms with E-state index in [0.717, 1.165) is 44.3 Å². The molecule has 0 amide bonds. The lowest BCUT2D eigenvalue weighted by Crippen LogP contribution is -1.99. The van der Waals surface area contributed by atoms with E-state index in [2.05, 4.69) is 15.3 Å². The van der Waals surface area contributed by atoms with Crippen molar-refractivity contribution in [3.8, 4) is 16.8 Å². The number of nitrogens with zero attached hydrogens (tertiary/aromatic N) is 4. The molecule has 0 radical (unpaired) electrons. The maximum atomic E-state index is 6.84. The van der Waals surface area contributed by atoms with Crippen molar-refractivity contribution in [2.45, 2.75) is 6.92 Å². The molecular weight excluding hydrogens is 391 g/mol. The molecule has 6 heteroatoms. The summed E-state index contributed by atoms with van der Waals surface area (Å²) < 4.78 is 1.81. The van der Waals surface area contributed by atoms with Crippen LogP contribution in [0.15, 0.2) is 66.7 Å². The predicted octanol–water partition coefficient (Wildman–Crippen LogP) is 6.25. The van der Waals surface area contributed by atoms with Gasteiger partial charge in [0.25, 0.3) is 0 Å². The molecule has 0 N–H and O–H groups in total. The van der Waals surface area contributed by atoms with Gasteiger partial charge in [0.15, 0.2) is 0 Å². The predicted molar refractivity (Wildman–Crippen MR) is 114 cm³/mol. The van der Waals surface area contributed by atoms with Crippen LogP contribution in [0.2, 0.25) is 10.2 Å². The number of para-hydroxylation sites is 1. The topological polar surface area (TPSA) is 43.6 Å². The van der Waals surface area contributed by atoms with Crippen molar-refractivity contribution in [3.05, 3.63) is 82.5 Å². The molecule has 0 spiro atoms. The summed E-state index contributed by atoms with van der Waals surface area (Å²) in [6, 6.07) is 21.7. The standard InChI is InChI=1S/C22H14Cl2N4/c1-13-11-15(28-18-10-6-5-9-17(18)26-27-28)12-16-20(23)19(22(24)25-21(13)16)14-7-3-2-4-8-14/h2-12H,1H3. The first-order valence-electron chi connectivity index (χ1n) is 8.79. The van der Waals surface area contributed by atoms with E-state index >= 15 is 0 Å². The maximum absolute atomic E-state index is 6.84. The number of hydrogen-bond acceptors (Lipinski definition) is 3. The molecule has 5 aromatic rings. The van der Waals surface area contributed by atoms with Crippen LogP contribution in [0.3, 0.4) is 0 Å². The van der Waals surface area contributed by atoms with Gasteiger partial charge in [-0.1, -0.05) is 70.9 Å². The molecule has 0 unspecified atom stereocenters. The highest BCUT2D eigenvalue weighted by molar-refractivity contribution is 6.42. The minimum atomic E-state index is 0.394. The summed E-state index contributed by atoms with van der Waals surface area (Å²) in [5.41, 5.74) is 6.06. The third-order valence-electron chi connectivity index (χ3n) is 4.82. The fraction of sp³-hybridized carbons (Fsp3) is 0.0455. The summed E-state index contributed by atoms with van der Waals surface area (Å²) in [6.45, 7) is 1.99. The van der Waals surface area contributed by atoms with Crippen LogP contribution in [-0.2, 0) is 0 Å². The summed E-state index contributed by atoms with van der Waals surface area (Å²) >= 11 is 13.3. The Morgan fingerprint density at radius 2 is 1.64 bits per heavy atom. The molecule has 2 heterocycles. The molecule has 0 atom stereocenters. The van der Waals surface area contributed by atoms with E-state index in [0.29, 0.717) is 10.2 Å². The highest BCUT2D eigenvalue weighted by Crippen LogP contribution is 2.39. The normalized spacial score (nSPS) is 11.4. The van der Waals surface area contributed by atoms with Gasteiger partial charge in [-0.25, -0.2) is 9.67 Å². The van der Waals surface area contributed by atoms with Crippen LogP contribution >= 0.6 is 23.2 Å². The molecule has 5 rings (SSSR count). The van der Waals surface area contributed by atoms with Gasteiger partial charge < -0.3 is 0 Å². The average Bonchev–Trinajstić information content (AvgIpc) is 3.14. The molecule has 0 aliphatic carbocycles. The van der Waals surface area contributed by atoms with E-state index in [4.69, 9.17) is 23.2 Å². The van der Waals surface area contributed by atoms with Crippen LogP contribution in [0.4, 0.5) is 0 Å². The lowest BCUT2D eigenvalue weighted by molar-refractivity contribution is 0.824. The molecule has 0 aliphatic heterocycles. The maximum Gasteiger partial charge on any atom is 0.139 e. The quantitative estimate of drug-likeness (QED) is 0.326. The van der Waals surface area contributed by atoms with Crippen LogP contribution in [0, 0.1) is 6.92 Å². The van der Waals surface area contributed by atoms with E-state index in [9.17, 15) is 0 Å². The molecule has 0 aliphatic rings. The van der Waals surface area contributed by atoms with Gasteiger partial charge in [0.2, 0.25) is 0 Å². The Labute approximate surface area is 171 Å². The van der Waals surface area contributed by atoms with Crippen LogP contribution < -0.4 is 0 Å². The van der Waals surface area contributed by atoms with Gasteiger partial charge in [-0.15, -0.1) is 5.10 Å². The van der Waals surface area contributed by atoms with Gasteiger partial charge in [0.1, 0.15) is 10.7 Å². The Bertz CT molecular complexity index is 1340. The van der Waals surface area contributed by atoms with Crippen molar-refractivity contribution in [2.24, 2.45) is 0 Å². The first-order chi connectivity index (χ1) is 13.6. The molecule has 0 fully saturated rings. The molecule has 136 valence electrons. The fourth-order valence-electron chi connectivity index (χ4n) is 3.49. The molecule has 0 saturated heterocycles. The second-order valence-electron chi connectivity index (χ2n) is 6.61. The minimum Gasteiger partial charge on any atom is -0.235 e. The van der Waals surface area contributed by atoms with Crippen molar-refractivity contribution >= 4 is 45.1 Å². The van der Waals surface area contributed by atoms with E-state index < -0.39 is 0 Å². The highest BCUT2D eigenvalue weighted by atomic mass is 35.5. The van der Waals surface area contributed by atoms with E-state index in [1.165, 1.54) is 0 Å². The van der Waals surface area contributed by atoms with Crippen LogP contribution in [0.1, 0.15) is 5.56 Å². The third-order valence-corrected chi connectivity index (χ3v) is 5.48. The molecule has 4 nitrogen and oxygen atoms in total. The largest absolute Gasteiger partial charge is 0.235 e. The first kappa shape index (κ1) is 17.2. The number of pyridine rings is 1. The lowest BCUT2D eigenvalue weighted by atomic mass is 10.0. The first-order valence-corrected chi connectivity index (χ1v) is 9.54. The van der Waals surface area contributed by atoms with Gasteiger partial charge in [0.05, 0.1) is 21.7 Å². The van der Waals surface area contributed by atoms with Crippen molar-refractivity contribution in [3.63, 3.8) is 0 Å². The summed E-state index contributed by atoms with van der Waals surface area (Å²) in [6.07, 6.45) is 0.